The topological polar surface area (TPSA) is 66.3 Å². The molecule has 1 atom stereocenters. The molecule has 0 unspecified atom stereocenters. The van der Waals surface area contributed by atoms with Gasteiger partial charge in [0.2, 0.25) is 0 Å². The van der Waals surface area contributed by atoms with Crippen LogP contribution in [0.2, 0.25) is 0 Å². The predicted octanol–water partition coefficient (Wildman–Crippen LogP) is 2.57. The molecule has 2 heterocycles. The Kier molecular flexibility index (Phi) is 6.81. The number of urea groups is 1. The predicted molar refractivity (Wildman–Crippen MR) is 105 cm³/mol. The van der Waals surface area contributed by atoms with E-state index in [1.54, 1.807) is 18.3 Å². The largest absolute Gasteiger partial charge is 0.336 e. The number of benzene rings is 1. The van der Waals surface area contributed by atoms with Crippen molar-refractivity contribution in [1.82, 2.24) is 29.9 Å². The van der Waals surface area contributed by atoms with E-state index in [1.165, 1.54) is 31.2 Å². The molecule has 1 saturated heterocycles. The molecule has 1 aliphatic rings. The van der Waals surface area contributed by atoms with Crippen molar-refractivity contribution >= 4 is 6.03 Å². The Morgan fingerprint density at radius 1 is 1.19 bits per heavy atom. The lowest BCUT2D eigenvalue weighted by Crippen LogP contribution is -2.43. The van der Waals surface area contributed by atoms with Gasteiger partial charge in [0.25, 0.3) is 0 Å². The van der Waals surface area contributed by atoms with Gasteiger partial charge in [-0.05, 0) is 31.5 Å². The number of hydrogen-bond acceptors (Lipinski definition) is 4. The lowest BCUT2D eigenvalue weighted by atomic mass is 10.0. The van der Waals surface area contributed by atoms with Gasteiger partial charge in [0.05, 0.1) is 12.6 Å². The molecule has 0 spiro atoms. The maximum absolute atomic E-state index is 12.6. The number of likely N-dealkylation sites (tertiary alicyclic amines) is 1. The van der Waals surface area contributed by atoms with Crippen molar-refractivity contribution in [3.63, 3.8) is 0 Å². The first-order valence-electron chi connectivity index (χ1n) is 9.76. The maximum Gasteiger partial charge on any atom is 0.317 e. The number of aryl methyl sites for hydroxylation is 1. The van der Waals surface area contributed by atoms with E-state index >= 15 is 0 Å². The van der Waals surface area contributed by atoms with Gasteiger partial charge in [-0.15, -0.1) is 10.2 Å². The van der Waals surface area contributed by atoms with Crippen LogP contribution in [0.15, 0.2) is 36.7 Å². The summed E-state index contributed by atoms with van der Waals surface area (Å²) in [6, 6.07) is 10.6. The molecule has 0 aliphatic carbocycles. The van der Waals surface area contributed by atoms with Crippen molar-refractivity contribution in [3.05, 3.63) is 48.0 Å². The van der Waals surface area contributed by atoms with Crippen LogP contribution in [0.1, 0.15) is 43.1 Å². The van der Waals surface area contributed by atoms with E-state index in [0.717, 1.165) is 18.9 Å². The minimum Gasteiger partial charge on any atom is -0.336 e. The van der Waals surface area contributed by atoms with Crippen LogP contribution in [0, 0.1) is 0 Å². The van der Waals surface area contributed by atoms with Crippen molar-refractivity contribution < 1.29 is 4.79 Å². The summed E-state index contributed by atoms with van der Waals surface area (Å²) in [6.07, 6.45) is 6.69. The number of aromatic nitrogens is 3. The Bertz CT molecular complexity index is 708. The number of nitrogens with zero attached hydrogens (tertiary/aromatic N) is 5. The first-order valence-corrected chi connectivity index (χ1v) is 9.76. The molecule has 1 fully saturated rings. The van der Waals surface area contributed by atoms with Crippen molar-refractivity contribution in [3.8, 4) is 0 Å². The minimum atomic E-state index is -0.0891. The molecule has 146 valence electrons. The summed E-state index contributed by atoms with van der Waals surface area (Å²) in [6.45, 7) is 3.21. The number of rotatable bonds is 6. The zero-order valence-electron chi connectivity index (χ0n) is 16.3. The monoisotopic (exact) mass is 370 g/mol. The molecule has 1 aromatic heterocycles. The summed E-state index contributed by atoms with van der Waals surface area (Å²) >= 11 is 0. The molecule has 1 aliphatic heterocycles. The minimum absolute atomic E-state index is 0.0891. The summed E-state index contributed by atoms with van der Waals surface area (Å²) in [5.74, 6) is 0.764. The highest BCUT2D eigenvalue weighted by Gasteiger charge is 2.23. The van der Waals surface area contributed by atoms with Crippen LogP contribution in [-0.2, 0) is 13.6 Å². The first kappa shape index (κ1) is 19.4. The number of carbonyl (C=O) groups is 1. The third-order valence-electron chi connectivity index (χ3n) is 5.24. The van der Waals surface area contributed by atoms with Crippen LogP contribution in [-0.4, -0.2) is 57.3 Å². The van der Waals surface area contributed by atoms with Gasteiger partial charge in [-0.25, -0.2) is 4.79 Å². The van der Waals surface area contributed by atoms with Crippen LogP contribution in [0.25, 0.3) is 0 Å². The van der Waals surface area contributed by atoms with Crippen molar-refractivity contribution in [1.29, 1.82) is 0 Å². The fraction of sp³-hybridized carbons (Fsp3) is 0.550. The van der Waals surface area contributed by atoms with Gasteiger partial charge in [0.1, 0.15) is 6.33 Å². The Hall–Kier alpha value is -2.41. The lowest BCUT2D eigenvalue weighted by Gasteiger charge is -2.32. The molecule has 0 bridgehead atoms. The molecule has 3 rings (SSSR count). The Morgan fingerprint density at radius 2 is 1.89 bits per heavy atom. The Morgan fingerprint density at radius 3 is 2.52 bits per heavy atom. The zero-order chi connectivity index (χ0) is 19.1. The first-order chi connectivity index (χ1) is 13.1. The van der Waals surface area contributed by atoms with Crippen molar-refractivity contribution in [2.45, 2.75) is 38.3 Å². The molecule has 7 nitrogen and oxygen atoms in total. The Balaban J connectivity index is 1.63. The molecule has 2 amide bonds. The Labute approximate surface area is 161 Å². The summed E-state index contributed by atoms with van der Waals surface area (Å²) < 4.78 is 1.83. The van der Waals surface area contributed by atoms with Gasteiger partial charge < -0.3 is 14.8 Å². The summed E-state index contributed by atoms with van der Waals surface area (Å²) in [4.78, 5) is 16.8. The molecular weight excluding hydrogens is 340 g/mol. The average Bonchev–Trinajstić information content (AvgIpc) is 2.92. The lowest BCUT2D eigenvalue weighted by molar-refractivity contribution is 0.182. The van der Waals surface area contributed by atoms with E-state index in [9.17, 15) is 4.79 Å². The third-order valence-corrected chi connectivity index (χ3v) is 5.24. The molecule has 2 aromatic rings. The second-order valence-corrected chi connectivity index (χ2v) is 7.28. The highest BCUT2D eigenvalue weighted by atomic mass is 16.2. The molecule has 27 heavy (non-hydrogen) atoms. The summed E-state index contributed by atoms with van der Waals surface area (Å²) in [5.41, 5.74) is 1.26. The summed E-state index contributed by atoms with van der Waals surface area (Å²) in [5, 5.41) is 11.0. The molecule has 1 aromatic carbocycles. The number of carbonyl (C=O) groups excluding carboxylic acids is 1. The highest BCUT2D eigenvalue weighted by Crippen LogP contribution is 2.23. The number of amides is 2. The average molecular weight is 371 g/mol. The van der Waals surface area contributed by atoms with Crippen LogP contribution < -0.4 is 5.32 Å². The smallest absolute Gasteiger partial charge is 0.317 e. The van der Waals surface area contributed by atoms with E-state index in [1.807, 2.05) is 17.7 Å². The van der Waals surface area contributed by atoms with E-state index in [0.29, 0.717) is 13.1 Å². The van der Waals surface area contributed by atoms with E-state index in [2.05, 4.69) is 44.7 Å². The molecule has 0 radical (unpaired) electrons. The van der Waals surface area contributed by atoms with Gasteiger partial charge in [-0.2, -0.15) is 0 Å². The van der Waals surface area contributed by atoms with Gasteiger partial charge in [0.15, 0.2) is 5.82 Å². The zero-order valence-corrected chi connectivity index (χ0v) is 16.3. The third kappa shape index (κ3) is 5.29. The van der Waals surface area contributed by atoms with Crippen LogP contribution in [0.4, 0.5) is 4.79 Å². The second-order valence-electron chi connectivity index (χ2n) is 7.28. The number of hydrogen-bond donors (Lipinski definition) is 1. The SMILES string of the molecule is CN(Cc1nncn1C)C(=O)NC[C@H](c1ccccc1)N1CCCCCC1. The fourth-order valence-electron chi connectivity index (χ4n) is 3.59. The molecule has 0 saturated carbocycles. The molecule has 1 N–H and O–H groups in total. The van der Waals surface area contributed by atoms with Crippen molar-refractivity contribution in [2.24, 2.45) is 7.05 Å². The highest BCUT2D eigenvalue weighted by molar-refractivity contribution is 5.73. The standard InChI is InChI=1S/C20H30N6O/c1-24(15-19-23-22-16-25(19)2)20(27)21-14-18(17-10-6-5-7-11-17)26-12-8-3-4-9-13-26/h5-7,10-11,16,18H,3-4,8-9,12-15H2,1-2H3,(H,21,27)/t18-/m1/s1. The van der Waals surface area contributed by atoms with E-state index in [-0.39, 0.29) is 12.1 Å². The van der Waals surface area contributed by atoms with Crippen LogP contribution in [0.5, 0.6) is 0 Å². The van der Waals surface area contributed by atoms with Gasteiger partial charge in [0, 0.05) is 20.6 Å². The molecule has 7 heteroatoms. The van der Waals surface area contributed by atoms with Crippen LogP contribution >= 0.6 is 0 Å². The number of nitrogens with one attached hydrogen (secondary N) is 1. The fourth-order valence-corrected chi connectivity index (χ4v) is 3.59. The normalized spacial score (nSPS) is 16.5. The quantitative estimate of drug-likeness (QED) is 0.849. The van der Waals surface area contributed by atoms with Gasteiger partial charge in [-0.1, -0.05) is 43.2 Å². The maximum atomic E-state index is 12.6. The summed E-state index contributed by atoms with van der Waals surface area (Å²) in [7, 11) is 3.67. The molecular formula is C20H30N6O. The van der Waals surface area contributed by atoms with E-state index < -0.39 is 0 Å². The van der Waals surface area contributed by atoms with Gasteiger partial charge >= 0.3 is 6.03 Å². The van der Waals surface area contributed by atoms with Crippen LogP contribution in [0.3, 0.4) is 0 Å². The van der Waals surface area contributed by atoms with Crippen molar-refractivity contribution in [2.75, 3.05) is 26.7 Å². The van der Waals surface area contributed by atoms with Gasteiger partial charge in [-0.3, -0.25) is 4.90 Å². The second kappa shape index (κ2) is 9.50. The van der Waals surface area contributed by atoms with E-state index in [4.69, 9.17) is 0 Å².